The lowest BCUT2D eigenvalue weighted by Crippen LogP contribution is -2.34. The molecule has 1 aromatic rings. The van der Waals surface area contributed by atoms with E-state index in [9.17, 15) is 13.6 Å². The second kappa shape index (κ2) is 6.87. The molecule has 0 atom stereocenters. The van der Waals surface area contributed by atoms with Gasteiger partial charge in [-0.1, -0.05) is 13.8 Å². The van der Waals surface area contributed by atoms with Crippen LogP contribution in [0.2, 0.25) is 0 Å². The van der Waals surface area contributed by atoms with Gasteiger partial charge in [-0.25, -0.2) is 0 Å². The number of carbonyl (C=O) groups is 1. The number of carbonyl (C=O) groups excluding carboxylic acids is 1. The predicted molar refractivity (Wildman–Crippen MR) is 76.6 cm³/mol. The molecule has 0 saturated heterocycles. The monoisotopic (exact) mass is 297 g/mol. The number of amides is 1. The first-order valence-corrected chi connectivity index (χ1v) is 7.33. The van der Waals surface area contributed by atoms with Crippen LogP contribution in [-0.4, -0.2) is 30.0 Å². The van der Waals surface area contributed by atoms with Crippen LogP contribution in [0.5, 0.6) is 5.75 Å². The molecule has 116 valence electrons. The maximum Gasteiger partial charge on any atom is 0.387 e. The third-order valence-corrected chi connectivity index (χ3v) is 3.52. The molecule has 1 aromatic carbocycles. The second-order valence-electron chi connectivity index (χ2n) is 5.82. The van der Waals surface area contributed by atoms with Gasteiger partial charge in [0, 0.05) is 18.2 Å². The Balaban J connectivity index is 2.02. The quantitative estimate of drug-likeness (QED) is 0.763. The number of ether oxygens (including phenoxy) is 1. The van der Waals surface area contributed by atoms with E-state index in [1.165, 1.54) is 12.1 Å². The molecule has 5 heteroatoms. The van der Waals surface area contributed by atoms with Gasteiger partial charge in [0.15, 0.2) is 0 Å². The van der Waals surface area contributed by atoms with E-state index in [1.54, 1.807) is 12.1 Å². The average molecular weight is 297 g/mol. The summed E-state index contributed by atoms with van der Waals surface area (Å²) in [4.78, 5) is 14.4. The Morgan fingerprint density at radius 2 is 1.90 bits per heavy atom. The van der Waals surface area contributed by atoms with E-state index in [1.807, 2.05) is 4.90 Å². The van der Waals surface area contributed by atoms with Crippen molar-refractivity contribution >= 4 is 5.91 Å². The summed E-state index contributed by atoms with van der Waals surface area (Å²) in [7, 11) is 0. The van der Waals surface area contributed by atoms with Gasteiger partial charge in [-0.3, -0.25) is 4.79 Å². The first-order valence-electron chi connectivity index (χ1n) is 7.33. The van der Waals surface area contributed by atoms with Gasteiger partial charge in [0.1, 0.15) is 5.75 Å². The molecule has 0 unspecified atom stereocenters. The van der Waals surface area contributed by atoms with E-state index in [2.05, 4.69) is 18.6 Å². The fraction of sp³-hybridized carbons (Fsp3) is 0.562. The number of halogens is 2. The molecule has 0 spiro atoms. The lowest BCUT2D eigenvalue weighted by molar-refractivity contribution is -0.0498. The summed E-state index contributed by atoms with van der Waals surface area (Å²) in [6, 6.07) is 6.25. The molecule has 0 aromatic heterocycles. The van der Waals surface area contributed by atoms with E-state index < -0.39 is 6.61 Å². The van der Waals surface area contributed by atoms with Gasteiger partial charge in [-0.05, 0) is 49.4 Å². The van der Waals surface area contributed by atoms with Crippen molar-refractivity contribution < 1.29 is 18.3 Å². The fourth-order valence-electron chi connectivity index (χ4n) is 2.18. The molecule has 1 amide bonds. The number of alkyl halides is 2. The van der Waals surface area contributed by atoms with Gasteiger partial charge in [0.05, 0.1) is 0 Å². The maximum atomic E-state index is 12.5. The topological polar surface area (TPSA) is 29.5 Å². The first kappa shape index (κ1) is 15.7. The lowest BCUT2D eigenvalue weighted by atomic mass is 10.1. The minimum atomic E-state index is -2.85. The second-order valence-corrected chi connectivity index (χ2v) is 5.82. The summed E-state index contributed by atoms with van der Waals surface area (Å²) < 4.78 is 28.5. The Kier molecular flexibility index (Phi) is 5.15. The van der Waals surface area contributed by atoms with E-state index in [0.717, 1.165) is 25.8 Å². The van der Waals surface area contributed by atoms with Gasteiger partial charge >= 0.3 is 6.61 Å². The average Bonchev–Trinajstić information content (AvgIpc) is 3.23. The van der Waals surface area contributed by atoms with Crippen molar-refractivity contribution in [3.05, 3.63) is 29.8 Å². The fourth-order valence-corrected chi connectivity index (χ4v) is 2.18. The Hall–Kier alpha value is -1.65. The highest BCUT2D eigenvalue weighted by molar-refractivity contribution is 5.94. The molecule has 1 aliphatic carbocycles. The summed E-state index contributed by atoms with van der Waals surface area (Å²) in [6.07, 6.45) is 3.07. The minimum Gasteiger partial charge on any atom is -0.435 e. The molecule has 1 saturated carbocycles. The first-order chi connectivity index (χ1) is 9.97. The van der Waals surface area contributed by atoms with Crippen molar-refractivity contribution in [2.24, 2.45) is 5.92 Å². The SMILES string of the molecule is CC(C)CCN(C(=O)c1ccc(OC(F)F)cc1)C1CC1. The van der Waals surface area contributed by atoms with Crippen LogP contribution in [0.25, 0.3) is 0 Å². The molecule has 1 fully saturated rings. The Morgan fingerprint density at radius 1 is 1.29 bits per heavy atom. The number of nitrogens with zero attached hydrogens (tertiary/aromatic N) is 1. The predicted octanol–water partition coefficient (Wildman–Crippen LogP) is 3.94. The zero-order chi connectivity index (χ0) is 15.4. The zero-order valence-corrected chi connectivity index (χ0v) is 12.4. The molecule has 0 heterocycles. The molecule has 21 heavy (non-hydrogen) atoms. The van der Waals surface area contributed by atoms with Crippen LogP contribution in [0.1, 0.15) is 43.5 Å². The van der Waals surface area contributed by atoms with Crippen molar-refractivity contribution in [1.29, 1.82) is 0 Å². The van der Waals surface area contributed by atoms with Crippen LogP contribution in [0.4, 0.5) is 8.78 Å². The summed E-state index contributed by atoms with van der Waals surface area (Å²) >= 11 is 0. The lowest BCUT2D eigenvalue weighted by Gasteiger charge is -2.23. The van der Waals surface area contributed by atoms with E-state index in [-0.39, 0.29) is 11.7 Å². The van der Waals surface area contributed by atoms with Crippen LogP contribution in [0.15, 0.2) is 24.3 Å². The van der Waals surface area contributed by atoms with E-state index in [0.29, 0.717) is 17.5 Å². The Bertz CT molecular complexity index is 470. The molecule has 3 nitrogen and oxygen atoms in total. The van der Waals surface area contributed by atoms with Crippen LogP contribution in [0.3, 0.4) is 0 Å². The molecular weight excluding hydrogens is 276 g/mol. The van der Waals surface area contributed by atoms with Crippen molar-refractivity contribution in [2.75, 3.05) is 6.54 Å². The Labute approximate surface area is 123 Å². The van der Waals surface area contributed by atoms with Crippen LogP contribution in [-0.2, 0) is 0 Å². The third kappa shape index (κ3) is 4.69. The van der Waals surface area contributed by atoms with Crippen molar-refractivity contribution in [3.63, 3.8) is 0 Å². The Morgan fingerprint density at radius 3 is 2.38 bits per heavy atom. The summed E-state index contributed by atoms with van der Waals surface area (Å²) in [5, 5.41) is 0. The van der Waals surface area contributed by atoms with Gasteiger partial charge in [-0.15, -0.1) is 0 Å². The molecule has 0 aliphatic heterocycles. The number of hydrogen-bond donors (Lipinski definition) is 0. The highest BCUT2D eigenvalue weighted by Crippen LogP contribution is 2.29. The van der Waals surface area contributed by atoms with Crippen molar-refractivity contribution in [3.8, 4) is 5.75 Å². The van der Waals surface area contributed by atoms with Crippen molar-refractivity contribution in [2.45, 2.75) is 45.8 Å². The van der Waals surface area contributed by atoms with Crippen LogP contribution < -0.4 is 4.74 Å². The summed E-state index contributed by atoms with van der Waals surface area (Å²) in [5.74, 6) is 0.587. The zero-order valence-electron chi connectivity index (χ0n) is 12.4. The molecule has 2 rings (SSSR count). The van der Waals surface area contributed by atoms with Gasteiger partial charge in [-0.2, -0.15) is 8.78 Å². The van der Waals surface area contributed by atoms with Gasteiger partial charge < -0.3 is 9.64 Å². The van der Waals surface area contributed by atoms with E-state index in [4.69, 9.17) is 0 Å². The number of benzene rings is 1. The molecule has 0 radical (unpaired) electrons. The summed E-state index contributed by atoms with van der Waals surface area (Å²) in [5.41, 5.74) is 0.521. The highest BCUT2D eigenvalue weighted by atomic mass is 19.3. The smallest absolute Gasteiger partial charge is 0.387 e. The van der Waals surface area contributed by atoms with Gasteiger partial charge in [0.2, 0.25) is 0 Å². The minimum absolute atomic E-state index is 0.0262. The molecular formula is C16H21F2NO2. The standard InChI is InChI=1S/C16H21F2NO2/c1-11(2)9-10-19(13-5-6-13)15(20)12-3-7-14(8-4-12)21-16(17)18/h3-4,7-8,11,13,16H,5-6,9-10H2,1-2H3. The largest absolute Gasteiger partial charge is 0.435 e. The van der Waals surface area contributed by atoms with Crippen LogP contribution in [0, 0.1) is 5.92 Å². The van der Waals surface area contributed by atoms with Crippen LogP contribution >= 0.6 is 0 Å². The molecule has 1 aliphatic rings. The highest BCUT2D eigenvalue weighted by Gasteiger charge is 2.32. The molecule has 0 bridgehead atoms. The molecule has 0 N–H and O–H groups in total. The number of rotatable bonds is 7. The third-order valence-electron chi connectivity index (χ3n) is 3.52. The van der Waals surface area contributed by atoms with E-state index >= 15 is 0 Å². The van der Waals surface area contributed by atoms with Crippen molar-refractivity contribution in [1.82, 2.24) is 4.90 Å². The maximum absolute atomic E-state index is 12.5. The number of hydrogen-bond acceptors (Lipinski definition) is 2. The normalized spacial score (nSPS) is 14.6. The van der Waals surface area contributed by atoms with Gasteiger partial charge in [0.25, 0.3) is 5.91 Å². The summed E-state index contributed by atoms with van der Waals surface area (Å²) in [6.45, 7) is 2.16.